The van der Waals surface area contributed by atoms with Crippen molar-refractivity contribution in [2.24, 2.45) is 0 Å². The highest BCUT2D eigenvalue weighted by molar-refractivity contribution is 6.33. The van der Waals surface area contributed by atoms with Crippen molar-refractivity contribution in [2.45, 2.75) is 19.8 Å². The van der Waals surface area contributed by atoms with Crippen molar-refractivity contribution in [1.82, 2.24) is 9.97 Å². The largest absolute Gasteiger partial charge is 0.338 e. The molecule has 21 heavy (non-hydrogen) atoms. The van der Waals surface area contributed by atoms with E-state index in [0.717, 1.165) is 28.2 Å². The first-order valence-electron chi connectivity index (χ1n) is 6.93. The third-order valence-electron chi connectivity index (χ3n) is 3.26. The minimum absolute atomic E-state index is 0.265. The SMILES string of the molecule is CC(C)c1nc(Nc2ccccc2Cl)c2ccccc2n1. The van der Waals surface area contributed by atoms with Gasteiger partial charge in [0, 0.05) is 11.3 Å². The molecule has 3 rings (SSSR count). The molecule has 0 saturated carbocycles. The van der Waals surface area contributed by atoms with Crippen molar-refractivity contribution in [3.63, 3.8) is 0 Å². The predicted molar refractivity (Wildman–Crippen MR) is 88.4 cm³/mol. The molecule has 1 N–H and O–H groups in total. The fourth-order valence-corrected chi connectivity index (χ4v) is 2.32. The lowest BCUT2D eigenvalue weighted by Crippen LogP contribution is -2.03. The summed E-state index contributed by atoms with van der Waals surface area (Å²) in [5, 5.41) is 4.99. The third-order valence-corrected chi connectivity index (χ3v) is 3.59. The number of aromatic nitrogens is 2. The number of para-hydroxylation sites is 2. The summed E-state index contributed by atoms with van der Waals surface area (Å²) >= 11 is 6.22. The van der Waals surface area contributed by atoms with Gasteiger partial charge in [0.05, 0.1) is 16.2 Å². The van der Waals surface area contributed by atoms with Gasteiger partial charge in [0.1, 0.15) is 11.6 Å². The Morgan fingerprint density at radius 2 is 1.67 bits per heavy atom. The second-order valence-electron chi connectivity index (χ2n) is 5.21. The molecule has 3 aromatic rings. The maximum Gasteiger partial charge on any atom is 0.142 e. The standard InChI is InChI=1S/C17H16ClN3/c1-11(2)16-19-14-9-5-3-7-12(14)17(21-16)20-15-10-6-4-8-13(15)18/h3-11H,1-2H3,(H,19,20,21). The molecule has 0 radical (unpaired) electrons. The zero-order chi connectivity index (χ0) is 14.8. The zero-order valence-electron chi connectivity index (χ0n) is 12.0. The van der Waals surface area contributed by atoms with Gasteiger partial charge < -0.3 is 5.32 Å². The minimum atomic E-state index is 0.265. The van der Waals surface area contributed by atoms with E-state index in [2.05, 4.69) is 29.1 Å². The van der Waals surface area contributed by atoms with E-state index in [1.165, 1.54) is 0 Å². The Kier molecular flexibility index (Phi) is 3.76. The normalized spacial score (nSPS) is 11.0. The van der Waals surface area contributed by atoms with Crippen molar-refractivity contribution in [3.05, 3.63) is 59.4 Å². The number of fused-ring (bicyclic) bond motifs is 1. The van der Waals surface area contributed by atoms with Crippen LogP contribution in [0.2, 0.25) is 5.02 Å². The third kappa shape index (κ3) is 2.83. The van der Waals surface area contributed by atoms with Crippen molar-refractivity contribution in [3.8, 4) is 0 Å². The van der Waals surface area contributed by atoms with E-state index in [-0.39, 0.29) is 5.92 Å². The Morgan fingerprint density at radius 1 is 0.952 bits per heavy atom. The number of halogens is 1. The summed E-state index contributed by atoms with van der Waals surface area (Å²) in [7, 11) is 0. The molecular formula is C17H16ClN3. The van der Waals surface area contributed by atoms with E-state index in [9.17, 15) is 0 Å². The van der Waals surface area contributed by atoms with Crippen molar-refractivity contribution >= 4 is 34.0 Å². The van der Waals surface area contributed by atoms with Crippen LogP contribution in [-0.4, -0.2) is 9.97 Å². The van der Waals surface area contributed by atoms with Gasteiger partial charge in [-0.05, 0) is 24.3 Å². The van der Waals surface area contributed by atoms with Crippen LogP contribution in [0.3, 0.4) is 0 Å². The van der Waals surface area contributed by atoms with Crippen molar-refractivity contribution in [1.29, 1.82) is 0 Å². The van der Waals surface area contributed by atoms with Gasteiger partial charge >= 0.3 is 0 Å². The summed E-state index contributed by atoms with van der Waals surface area (Å²) in [4.78, 5) is 9.27. The number of hydrogen-bond donors (Lipinski definition) is 1. The fraction of sp³-hybridized carbons (Fsp3) is 0.176. The Bertz CT molecular complexity index is 784. The summed E-state index contributed by atoms with van der Waals surface area (Å²) < 4.78 is 0. The first-order chi connectivity index (χ1) is 10.1. The molecule has 0 unspecified atom stereocenters. The van der Waals surface area contributed by atoms with E-state index in [1.54, 1.807) is 0 Å². The highest BCUT2D eigenvalue weighted by atomic mass is 35.5. The first-order valence-corrected chi connectivity index (χ1v) is 7.31. The number of hydrogen-bond acceptors (Lipinski definition) is 3. The van der Waals surface area contributed by atoms with Gasteiger partial charge in [-0.2, -0.15) is 0 Å². The van der Waals surface area contributed by atoms with E-state index in [0.29, 0.717) is 5.02 Å². The molecule has 1 heterocycles. The first kappa shape index (κ1) is 13.8. The van der Waals surface area contributed by atoms with Crippen LogP contribution in [0.1, 0.15) is 25.6 Å². The summed E-state index contributed by atoms with van der Waals surface area (Å²) in [5.74, 6) is 1.88. The summed E-state index contributed by atoms with van der Waals surface area (Å²) in [5.41, 5.74) is 1.78. The number of benzene rings is 2. The maximum absolute atomic E-state index is 6.22. The van der Waals surface area contributed by atoms with Gasteiger partial charge in [-0.1, -0.05) is 49.7 Å². The van der Waals surface area contributed by atoms with Gasteiger partial charge in [0.25, 0.3) is 0 Å². The summed E-state index contributed by atoms with van der Waals surface area (Å²) in [6.07, 6.45) is 0. The number of nitrogens with one attached hydrogen (secondary N) is 1. The Morgan fingerprint density at radius 3 is 2.43 bits per heavy atom. The summed E-state index contributed by atoms with van der Waals surface area (Å²) in [6, 6.07) is 15.6. The Labute approximate surface area is 129 Å². The van der Waals surface area contributed by atoms with Gasteiger partial charge in [0.2, 0.25) is 0 Å². The molecule has 0 aliphatic rings. The maximum atomic E-state index is 6.22. The number of anilines is 2. The predicted octanol–water partition coefficient (Wildman–Crippen LogP) is 5.15. The molecule has 0 saturated heterocycles. The van der Waals surface area contributed by atoms with E-state index >= 15 is 0 Å². The molecule has 0 aliphatic heterocycles. The molecule has 0 fully saturated rings. The monoisotopic (exact) mass is 297 g/mol. The fourth-order valence-electron chi connectivity index (χ4n) is 2.14. The second-order valence-corrected chi connectivity index (χ2v) is 5.61. The minimum Gasteiger partial charge on any atom is -0.338 e. The smallest absolute Gasteiger partial charge is 0.142 e. The van der Waals surface area contributed by atoms with Crippen LogP contribution < -0.4 is 5.32 Å². The topological polar surface area (TPSA) is 37.8 Å². The van der Waals surface area contributed by atoms with E-state index in [4.69, 9.17) is 11.6 Å². The van der Waals surface area contributed by atoms with Crippen molar-refractivity contribution < 1.29 is 0 Å². The molecule has 0 bridgehead atoms. The highest BCUT2D eigenvalue weighted by Gasteiger charge is 2.11. The van der Waals surface area contributed by atoms with Gasteiger partial charge in [-0.3, -0.25) is 0 Å². The molecule has 0 aliphatic carbocycles. The lowest BCUT2D eigenvalue weighted by atomic mass is 10.1. The van der Waals surface area contributed by atoms with Gasteiger partial charge in [0.15, 0.2) is 0 Å². The molecule has 0 amide bonds. The Balaban J connectivity index is 2.14. The molecule has 3 nitrogen and oxygen atoms in total. The molecule has 1 aromatic heterocycles. The van der Waals surface area contributed by atoms with Crippen LogP contribution in [0.25, 0.3) is 10.9 Å². The molecule has 0 spiro atoms. The Hall–Kier alpha value is -2.13. The molecule has 106 valence electrons. The summed E-state index contributed by atoms with van der Waals surface area (Å²) in [6.45, 7) is 4.17. The lowest BCUT2D eigenvalue weighted by Gasteiger charge is -2.13. The van der Waals surface area contributed by atoms with E-state index < -0.39 is 0 Å². The van der Waals surface area contributed by atoms with Crippen molar-refractivity contribution in [2.75, 3.05) is 5.32 Å². The highest BCUT2D eigenvalue weighted by Crippen LogP contribution is 2.29. The quantitative estimate of drug-likeness (QED) is 0.726. The van der Waals surface area contributed by atoms with Gasteiger partial charge in [-0.25, -0.2) is 9.97 Å². The van der Waals surface area contributed by atoms with Crippen LogP contribution in [0.4, 0.5) is 11.5 Å². The van der Waals surface area contributed by atoms with Crippen LogP contribution in [0.15, 0.2) is 48.5 Å². The zero-order valence-corrected chi connectivity index (χ0v) is 12.7. The molecule has 4 heteroatoms. The van der Waals surface area contributed by atoms with Crippen LogP contribution in [0.5, 0.6) is 0 Å². The second kappa shape index (κ2) is 5.70. The van der Waals surface area contributed by atoms with Crippen LogP contribution >= 0.6 is 11.6 Å². The lowest BCUT2D eigenvalue weighted by molar-refractivity contribution is 0.785. The molecule has 0 atom stereocenters. The van der Waals surface area contributed by atoms with Gasteiger partial charge in [-0.15, -0.1) is 0 Å². The number of nitrogens with zero attached hydrogens (tertiary/aromatic N) is 2. The van der Waals surface area contributed by atoms with Crippen LogP contribution in [0, 0.1) is 0 Å². The molecule has 2 aromatic carbocycles. The number of rotatable bonds is 3. The van der Waals surface area contributed by atoms with Crippen LogP contribution in [-0.2, 0) is 0 Å². The average molecular weight is 298 g/mol. The molecular weight excluding hydrogens is 282 g/mol. The van der Waals surface area contributed by atoms with E-state index in [1.807, 2.05) is 48.5 Å². The average Bonchev–Trinajstić information content (AvgIpc) is 2.49.